The molecule has 1 N–H and O–H groups in total. The molecular formula is C34H36ClN3O4S. The number of para-hydroxylation sites is 1. The zero-order chi connectivity index (χ0) is 31.0. The van der Waals surface area contributed by atoms with Crippen molar-refractivity contribution in [1.82, 2.24) is 10.2 Å². The maximum Gasteiger partial charge on any atom is 0.264 e. The van der Waals surface area contributed by atoms with Crippen LogP contribution in [0.2, 0.25) is 5.02 Å². The summed E-state index contributed by atoms with van der Waals surface area (Å²) in [7, 11) is -4.21. The summed E-state index contributed by atoms with van der Waals surface area (Å²) in [5.74, 6) is -0.866. The minimum atomic E-state index is -4.21. The lowest BCUT2D eigenvalue weighted by Gasteiger charge is -2.34. The number of aryl methyl sites for hydroxylation is 1. The van der Waals surface area contributed by atoms with Crippen LogP contribution in [0.25, 0.3) is 0 Å². The summed E-state index contributed by atoms with van der Waals surface area (Å²) < 4.78 is 29.0. The minimum Gasteiger partial charge on any atom is -0.352 e. The van der Waals surface area contributed by atoms with Crippen LogP contribution < -0.4 is 9.62 Å². The zero-order valence-electron chi connectivity index (χ0n) is 24.5. The van der Waals surface area contributed by atoms with Gasteiger partial charge in [0.2, 0.25) is 11.8 Å². The third-order valence-electron chi connectivity index (χ3n) is 6.91. The van der Waals surface area contributed by atoms with Gasteiger partial charge < -0.3 is 10.2 Å². The van der Waals surface area contributed by atoms with E-state index in [0.29, 0.717) is 0 Å². The zero-order valence-corrected chi connectivity index (χ0v) is 26.1. The molecule has 0 unspecified atom stereocenters. The largest absolute Gasteiger partial charge is 0.352 e. The molecule has 0 saturated heterocycles. The van der Waals surface area contributed by atoms with Crippen LogP contribution in [0.4, 0.5) is 5.69 Å². The van der Waals surface area contributed by atoms with E-state index in [0.717, 1.165) is 21.0 Å². The average molecular weight is 618 g/mol. The van der Waals surface area contributed by atoms with Gasteiger partial charge in [-0.1, -0.05) is 102 Å². The van der Waals surface area contributed by atoms with E-state index < -0.39 is 28.5 Å². The van der Waals surface area contributed by atoms with Crippen LogP contribution in [-0.4, -0.2) is 43.8 Å². The van der Waals surface area contributed by atoms with Crippen LogP contribution in [0.3, 0.4) is 0 Å². The van der Waals surface area contributed by atoms with E-state index in [1.54, 1.807) is 42.5 Å². The van der Waals surface area contributed by atoms with Crippen molar-refractivity contribution in [3.8, 4) is 0 Å². The molecule has 224 valence electrons. The molecule has 0 heterocycles. The smallest absolute Gasteiger partial charge is 0.264 e. The topological polar surface area (TPSA) is 86.8 Å². The Hall–Kier alpha value is -4.14. The van der Waals surface area contributed by atoms with Crippen LogP contribution in [0.1, 0.15) is 30.5 Å². The maximum atomic E-state index is 14.4. The van der Waals surface area contributed by atoms with E-state index in [2.05, 4.69) is 5.32 Å². The van der Waals surface area contributed by atoms with Crippen LogP contribution in [0, 0.1) is 6.92 Å². The number of benzene rings is 4. The lowest BCUT2D eigenvalue weighted by atomic mass is 10.0. The highest BCUT2D eigenvalue weighted by Gasteiger charge is 2.35. The number of rotatable bonds is 12. The lowest BCUT2D eigenvalue weighted by molar-refractivity contribution is -0.140. The van der Waals surface area contributed by atoms with Crippen LogP contribution in [-0.2, 0) is 32.6 Å². The predicted octanol–water partition coefficient (Wildman–Crippen LogP) is 6.01. The van der Waals surface area contributed by atoms with Gasteiger partial charge in [0.1, 0.15) is 12.6 Å². The number of hydrogen-bond acceptors (Lipinski definition) is 4. The summed E-state index contributed by atoms with van der Waals surface area (Å²) in [6, 6.07) is 30.5. The van der Waals surface area contributed by atoms with Crippen molar-refractivity contribution in [3.05, 3.63) is 131 Å². The molecule has 4 rings (SSSR count). The van der Waals surface area contributed by atoms with Gasteiger partial charge in [-0.2, -0.15) is 0 Å². The molecular weight excluding hydrogens is 582 g/mol. The Kier molecular flexibility index (Phi) is 10.6. The standard InChI is InChI=1S/C34H36ClN3O4S/c1-25(2)36-34(40)32(22-27-12-6-4-7-13-27)37(23-28-20-18-26(3)19-21-28)33(39)24-38(31-17-11-10-16-30(31)35)43(41,42)29-14-8-5-9-15-29/h4-21,25,32H,22-24H2,1-3H3,(H,36,40)/t32-/m1/s1. The Bertz CT molecular complexity index is 1630. The molecule has 7 nitrogen and oxygen atoms in total. The van der Waals surface area contributed by atoms with E-state index in [1.807, 2.05) is 75.4 Å². The van der Waals surface area contributed by atoms with Gasteiger partial charge in [-0.05, 0) is 56.2 Å². The van der Waals surface area contributed by atoms with Crippen molar-refractivity contribution in [3.63, 3.8) is 0 Å². The van der Waals surface area contributed by atoms with Crippen molar-refractivity contribution < 1.29 is 18.0 Å². The molecule has 4 aromatic carbocycles. The highest BCUT2D eigenvalue weighted by atomic mass is 35.5. The molecule has 0 aliphatic carbocycles. The Morgan fingerprint density at radius 3 is 1.98 bits per heavy atom. The first-order chi connectivity index (χ1) is 20.6. The number of sulfonamides is 1. The lowest BCUT2D eigenvalue weighted by Crippen LogP contribution is -2.54. The number of nitrogens with zero attached hydrogens (tertiary/aromatic N) is 2. The first kappa shape index (κ1) is 31.8. The SMILES string of the molecule is Cc1ccc(CN(C(=O)CN(c2ccccc2Cl)S(=O)(=O)c2ccccc2)[C@H](Cc2ccccc2)C(=O)NC(C)C)cc1. The van der Waals surface area contributed by atoms with E-state index >= 15 is 0 Å². The average Bonchev–Trinajstić information content (AvgIpc) is 2.99. The third-order valence-corrected chi connectivity index (χ3v) is 9.00. The third kappa shape index (κ3) is 8.24. The fraction of sp³-hybridized carbons (Fsp3) is 0.235. The fourth-order valence-corrected chi connectivity index (χ4v) is 6.45. The molecule has 0 aliphatic rings. The molecule has 2 amide bonds. The molecule has 0 aliphatic heterocycles. The van der Waals surface area contributed by atoms with Crippen LogP contribution >= 0.6 is 11.6 Å². The second-order valence-corrected chi connectivity index (χ2v) is 12.9. The van der Waals surface area contributed by atoms with Crippen LogP contribution in [0.15, 0.2) is 114 Å². The molecule has 4 aromatic rings. The molecule has 1 atom stereocenters. The Balaban J connectivity index is 1.80. The molecule has 0 spiro atoms. The predicted molar refractivity (Wildman–Crippen MR) is 171 cm³/mol. The van der Waals surface area contributed by atoms with Crippen molar-refractivity contribution in [2.24, 2.45) is 0 Å². The van der Waals surface area contributed by atoms with Gasteiger partial charge in [-0.3, -0.25) is 13.9 Å². The Morgan fingerprint density at radius 2 is 1.37 bits per heavy atom. The molecule has 0 fully saturated rings. The summed E-state index contributed by atoms with van der Waals surface area (Å²) in [6.45, 7) is 5.22. The summed E-state index contributed by atoms with van der Waals surface area (Å²) in [5.41, 5.74) is 2.90. The summed E-state index contributed by atoms with van der Waals surface area (Å²) in [5, 5.41) is 3.14. The minimum absolute atomic E-state index is 0.0196. The number of hydrogen-bond donors (Lipinski definition) is 1. The van der Waals surface area contributed by atoms with Gasteiger partial charge in [0.25, 0.3) is 10.0 Å². The molecule has 0 aromatic heterocycles. The van der Waals surface area contributed by atoms with E-state index in [4.69, 9.17) is 11.6 Å². The maximum absolute atomic E-state index is 14.4. The number of amides is 2. The number of nitrogens with one attached hydrogen (secondary N) is 1. The molecule has 9 heteroatoms. The van der Waals surface area contributed by atoms with Gasteiger partial charge in [0.05, 0.1) is 15.6 Å². The van der Waals surface area contributed by atoms with Gasteiger partial charge in [0, 0.05) is 19.0 Å². The summed E-state index contributed by atoms with van der Waals surface area (Å²) >= 11 is 6.50. The van der Waals surface area contributed by atoms with E-state index in [1.165, 1.54) is 17.0 Å². The normalized spacial score (nSPS) is 12.0. The summed E-state index contributed by atoms with van der Waals surface area (Å²) in [4.78, 5) is 29.6. The number of carbonyl (C=O) groups is 2. The number of halogens is 1. The van der Waals surface area contributed by atoms with E-state index in [-0.39, 0.29) is 40.5 Å². The van der Waals surface area contributed by atoms with Gasteiger partial charge in [-0.25, -0.2) is 8.42 Å². The Morgan fingerprint density at radius 1 is 0.791 bits per heavy atom. The van der Waals surface area contributed by atoms with Crippen molar-refractivity contribution in [1.29, 1.82) is 0 Å². The van der Waals surface area contributed by atoms with Gasteiger partial charge in [-0.15, -0.1) is 0 Å². The van der Waals surface area contributed by atoms with Crippen LogP contribution in [0.5, 0.6) is 0 Å². The van der Waals surface area contributed by atoms with Gasteiger partial charge >= 0.3 is 0 Å². The van der Waals surface area contributed by atoms with Crippen molar-refractivity contribution >= 4 is 39.1 Å². The molecule has 0 bridgehead atoms. The quantitative estimate of drug-likeness (QED) is 0.211. The second-order valence-electron chi connectivity index (χ2n) is 10.7. The second kappa shape index (κ2) is 14.4. The highest BCUT2D eigenvalue weighted by Crippen LogP contribution is 2.31. The molecule has 43 heavy (non-hydrogen) atoms. The van der Waals surface area contributed by atoms with Crippen molar-refractivity contribution in [2.45, 2.75) is 50.7 Å². The Labute approximate surface area is 259 Å². The number of anilines is 1. The highest BCUT2D eigenvalue weighted by molar-refractivity contribution is 7.92. The first-order valence-electron chi connectivity index (χ1n) is 14.1. The van der Waals surface area contributed by atoms with Crippen molar-refractivity contribution in [2.75, 3.05) is 10.8 Å². The number of carbonyl (C=O) groups excluding carboxylic acids is 2. The first-order valence-corrected chi connectivity index (χ1v) is 15.9. The monoisotopic (exact) mass is 617 g/mol. The molecule has 0 radical (unpaired) electrons. The summed E-state index contributed by atoms with van der Waals surface area (Å²) in [6.07, 6.45) is 0.245. The fourth-order valence-electron chi connectivity index (χ4n) is 4.71. The van der Waals surface area contributed by atoms with Gasteiger partial charge in [0.15, 0.2) is 0 Å². The van der Waals surface area contributed by atoms with E-state index in [9.17, 15) is 18.0 Å². The molecule has 0 saturated carbocycles.